The molecule has 0 aliphatic carbocycles. The molecular formula is C11H18N2O3. The van der Waals surface area contributed by atoms with E-state index in [1.165, 1.54) is 5.57 Å². The van der Waals surface area contributed by atoms with Gasteiger partial charge in [-0.1, -0.05) is 11.6 Å². The Hall–Kier alpha value is -0.910. The van der Waals surface area contributed by atoms with Crippen molar-refractivity contribution in [1.29, 1.82) is 0 Å². The van der Waals surface area contributed by atoms with Gasteiger partial charge in [-0.05, 0) is 13.0 Å². The smallest absolute Gasteiger partial charge is 0.251 e. The lowest BCUT2D eigenvalue weighted by Crippen LogP contribution is -2.43. The molecule has 0 radical (unpaired) electrons. The Bertz CT molecular complexity index is 272. The molecule has 0 aromatic heterocycles. The van der Waals surface area contributed by atoms with Crippen LogP contribution in [0, 0.1) is 0 Å². The van der Waals surface area contributed by atoms with Crippen LogP contribution in [0.3, 0.4) is 0 Å². The van der Waals surface area contributed by atoms with Gasteiger partial charge in [0.15, 0.2) is 6.10 Å². The summed E-state index contributed by atoms with van der Waals surface area (Å²) >= 11 is 0. The molecule has 0 saturated carbocycles. The van der Waals surface area contributed by atoms with E-state index in [0.29, 0.717) is 26.4 Å². The van der Waals surface area contributed by atoms with Crippen LogP contribution >= 0.6 is 0 Å². The molecule has 1 atom stereocenters. The third-order valence-electron chi connectivity index (χ3n) is 2.76. The van der Waals surface area contributed by atoms with Crippen LogP contribution in [-0.4, -0.2) is 51.5 Å². The Kier molecular flexibility index (Phi) is 4.33. The van der Waals surface area contributed by atoms with Crippen molar-refractivity contribution in [3.05, 3.63) is 11.6 Å². The normalized spacial score (nSPS) is 26.0. The van der Waals surface area contributed by atoms with Gasteiger partial charge in [-0.2, -0.15) is 0 Å². The quantitative estimate of drug-likeness (QED) is 0.633. The summed E-state index contributed by atoms with van der Waals surface area (Å²) in [6.07, 6.45) is 2.70. The first-order valence-electron chi connectivity index (χ1n) is 5.72. The molecule has 2 aliphatic heterocycles. The maximum absolute atomic E-state index is 11.7. The van der Waals surface area contributed by atoms with E-state index >= 15 is 0 Å². The predicted octanol–water partition coefficient (Wildman–Crippen LogP) is -0.562. The Morgan fingerprint density at radius 1 is 1.56 bits per heavy atom. The van der Waals surface area contributed by atoms with Crippen molar-refractivity contribution < 1.29 is 14.3 Å². The predicted molar refractivity (Wildman–Crippen MR) is 59.1 cm³/mol. The Labute approximate surface area is 95.2 Å². The van der Waals surface area contributed by atoms with Gasteiger partial charge in [0.05, 0.1) is 19.8 Å². The van der Waals surface area contributed by atoms with Crippen molar-refractivity contribution in [1.82, 2.24) is 10.6 Å². The van der Waals surface area contributed by atoms with Crippen LogP contribution in [0.15, 0.2) is 11.6 Å². The van der Waals surface area contributed by atoms with Gasteiger partial charge in [-0.25, -0.2) is 0 Å². The van der Waals surface area contributed by atoms with E-state index < -0.39 is 6.10 Å². The minimum Gasteiger partial charge on any atom is -0.376 e. The Morgan fingerprint density at radius 2 is 2.50 bits per heavy atom. The Balaban J connectivity index is 1.72. The van der Waals surface area contributed by atoms with Crippen LogP contribution in [0.2, 0.25) is 0 Å². The molecule has 16 heavy (non-hydrogen) atoms. The van der Waals surface area contributed by atoms with Crippen molar-refractivity contribution >= 4 is 5.91 Å². The minimum absolute atomic E-state index is 0.0702. The molecule has 1 unspecified atom stereocenters. The molecule has 2 N–H and O–H groups in total. The van der Waals surface area contributed by atoms with Gasteiger partial charge >= 0.3 is 0 Å². The first kappa shape index (κ1) is 11.6. The van der Waals surface area contributed by atoms with Crippen molar-refractivity contribution in [2.24, 2.45) is 0 Å². The molecule has 0 bridgehead atoms. The summed E-state index contributed by atoms with van der Waals surface area (Å²) in [6, 6.07) is 0. The van der Waals surface area contributed by atoms with Gasteiger partial charge in [-0.3, -0.25) is 4.79 Å². The molecule has 0 aromatic rings. The van der Waals surface area contributed by atoms with Crippen LogP contribution in [0.25, 0.3) is 0 Å². The van der Waals surface area contributed by atoms with Crippen molar-refractivity contribution in [2.45, 2.75) is 12.5 Å². The number of carbonyl (C=O) groups is 1. The topological polar surface area (TPSA) is 59.6 Å². The standard InChI is InChI=1S/C11H18N2O3/c14-11(10-8-15-5-6-16-10)13-7-9-1-3-12-4-2-9/h1,10,12H,2-8H2,(H,13,14). The zero-order valence-electron chi connectivity index (χ0n) is 9.33. The summed E-state index contributed by atoms with van der Waals surface area (Å²) in [6.45, 7) is 3.97. The number of carbonyl (C=O) groups excluding carboxylic acids is 1. The number of ether oxygens (including phenoxy) is 2. The second-order valence-electron chi connectivity index (χ2n) is 3.97. The summed E-state index contributed by atoms with van der Waals surface area (Å²) in [4.78, 5) is 11.7. The largest absolute Gasteiger partial charge is 0.376 e. The van der Waals surface area contributed by atoms with E-state index in [9.17, 15) is 4.79 Å². The molecule has 5 heteroatoms. The fraction of sp³-hybridized carbons (Fsp3) is 0.727. The molecule has 2 aliphatic rings. The number of nitrogens with one attached hydrogen (secondary N) is 2. The lowest BCUT2D eigenvalue weighted by molar-refractivity contribution is -0.147. The first-order valence-corrected chi connectivity index (χ1v) is 5.72. The molecule has 2 heterocycles. The van der Waals surface area contributed by atoms with Gasteiger partial charge in [0.1, 0.15) is 0 Å². The van der Waals surface area contributed by atoms with Crippen LogP contribution < -0.4 is 10.6 Å². The van der Waals surface area contributed by atoms with Crippen LogP contribution in [0.4, 0.5) is 0 Å². The van der Waals surface area contributed by atoms with Crippen molar-refractivity contribution in [3.63, 3.8) is 0 Å². The number of hydrogen-bond donors (Lipinski definition) is 2. The van der Waals surface area contributed by atoms with E-state index in [4.69, 9.17) is 9.47 Å². The third kappa shape index (κ3) is 3.30. The molecule has 1 fully saturated rings. The summed E-state index contributed by atoms with van der Waals surface area (Å²) in [7, 11) is 0. The lowest BCUT2D eigenvalue weighted by Gasteiger charge is -2.22. The lowest BCUT2D eigenvalue weighted by atomic mass is 10.1. The van der Waals surface area contributed by atoms with Gasteiger partial charge in [0.25, 0.3) is 5.91 Å². The second-order valence-corrected chi connectivity index (χ2v) is 3.97. The second kappa shape index (κ2) is 5.98. The highest BCUT2D eigenvalue weighted by Crippen LogP contribution is 2.04. The highest BCUT2D eigenvalue weighted by molar-refractivity contribution is 5.81. The summed E-state index contributed by atoms with van der Waals surface area (Å²) < 4.78 is 10.5. The molecule has 0 spiro atoms. The van der Waals surface area contributed by atoms with Crippen LogP contribution in [-0.2, 0) is 14.3 Å². The van der Waals surface area contributed by atoms with E-state index in [-0.39, 0.29) is 5.91 Å². The highest BCUT2D eigenvalue weighted by Gasteiger charge is 2.22. The van der Waals surface area contributed by atoms with Gasteiger partial charge in [-0.15, -0.1) is 0 Å². The maximum atomic E-state index is 11.7. The fourth-order valence-corrected chi connectivity index (χ4v) is 1.78. The van der Waals surface area contributed by atoms with Gasteiger partial charge in [0, 0.05) is 13.1 Å². The zero-order chi connectivity index (χ0) is 11.2. The zero-order valence-corrected chi connectivity index (χ0v) is 9.33. The van der Waals surface area contributed by atoms with E-state index in [2.05, 4.69) is 16.7 Å². The summed E-state index contributed by atoms with van der Waals surface area (Å²) in [5.41, 5.74) is 1.28. The number of amides is 1. The van der Waals surface area contributed by atoms with Gasteiger partial charge in [0.2, 0.25) is 0 Å². The molecule has 1 amide bonds. The molecule has 5 nitrogen and oxygen atoms in total. The summed E-state index contributed by atoms with van der Waals surface area (Å²) in [5.74, 6) is -0.0702. The third-order valence-corrected chi connectivity index (χ3v) is 2.76. The molecule has 0 aromatic carbocycles. The molecule has 1 saturated heterocycles. The number of rotatable bonds is 3. The first-order chi connectivity index (χ1) is 7.86. The van der Waals surface area contributed by atoms with Crippen molar-refractivity contribution in [2.75, 3.05) is 39.5 Å². The molecule has 90 valence electrons. The average Bonchev–Trinajstić information content (AvgIpc) is 2.38. The highest BCUT2D eigenvalue weighted by atomic mass is 16.6. The fourth-order valence-electron chi connectivity index (χ4n) is 1.78. The summed E-state index contributed by atoms with van der Waals surface area (Å²) in [5, 5.41) is 6.11. The minimum atomic E-state index is -0.434. The monoisotopic (exact) mass is 226 g/mol. The molecular weight excluding hydrogens is 208 g/mol. The van der Waals surface area contributed by atoms with Gasteiger partial charge < -0.3 is 20.1 Å². The Morgan fingerprint density at radius 3 is 3.19 bits per heavy atom. The van der Waals surface area contributed by atoms with E-state index in [1.807, 2.05) is 0 Å². The molecule has 2 rings (SSSR count). The van der Waals surface area contributed by atoms with Crippen molar-refractivity contribution in [3.8, 4) is 0 Å². The van der Waals surface area contributed by atoms with E-state index in [0.717, 1.165) is 19.5 Å². The maximum Gasteiger partial charge on any atom is 0.251 e. The average molecular weight is 226 g/mol. The van der Waals surface area contributed by atoms with Crippen LogP contribution in [0.1, 0.15) is 6.42 Å². The SMILES string of the molecule is O=C(NCC1=CCNCC1)C1COCCO1. The van der Waals surface area contributed by atoms with E-state index in [1.54, 1.807) is 0 Å². The van der Waals surface area contributed by atoms with Crippen LogP contribution in [0.5, 0.6) is 0 Å². The number of hydrogen-bond acceptors (Lipinski definition) is 4.